The lowest BCUT2D eigenvalue weighted by Gasteiger charge is -2.38. The highest BCUT2D eigenvalue weighted by Gasteiger charge is 2.31. The minimum Gasteiger partial charge on any atom is -0.381 e. The smallest absolute Gasteiger partial charge is 0.0468 e. The molecule has 0 spiro atoms. The van der Waals surface area contributed by atoms with Crippen LogP contribution in [0.15, 0.2) is 0 Å². The van der Waals surface area contributed by atoms with E-state index in [4.69, 9.17) is 4.74 Å². The highest BCUT2D eigenvalue weighted by atomic mass is 16.5. The summed E-state index contributed by atoms with van der Waals surface area (Å²) in [5, 5.41) is 3.53. The minimum atomic E-state index is 0.442. The molecule has 1 unspecified atom stereocenters. The fraction of sp³-hybridized carbons (Fsp3) is 1.00. The van der Waals surface area contributed by atoms with Crippen molar-refractivity contribution in [2.24, 2.45) is 17.3 Å². The van der Waals surface area contributed by atoms with Crippen molar-refractivity contribution < 1.29 is 4.74 Å². The van der Waals surface area contributed by atoms with Gasteiger partial charge < -0.3 is 10.1 Å². The summed E-state index contributed by atoms with van der Waals surface area (Å²) < 4.78 is 5.44. The zero-order valence-electron chi connectivity index (χ0n) is 11.5. The second kappa shape index (κ2) is 6.61. The summed E-state index contributed by atoms with van der Waals surface area (Å²) in [5.41, 5.74) is 0.442. The van der Waals surface area contributed by atoms with E-state index in [2.05, 4.69) is 33.0 Å². The van der Waals surface area contributed by atoms with Gasteiger partial charge in [0.15, 0.2) is 0 Å². The van der Waals surface area contributed by atoms with Gasteiger partial charge in [0.2, 0.25) is 0 Å². The molecule has 2 heteroatoms. The molecule has 1 atom stereocenters. The summed E-state index contributed by atoms with van der Waals surface area (Å²) in [7, 11) is 0. The third-order valence-electron chi connectivity index (χ3n) is 4.27. The van der Waals surface area contributed by atoms with Crippen molar-refractivity contribution in [2.45, 2.75) is 47.0 Å². The lowest BCUT2D eigenvalue weighted by Crippen LogP contribution is -2.38. The standard InChI is InChI=1S/C14H29NO/c1-5-15-11-14(4,12(2)3)10-13-6-8-16-9-7-13/h12-13,15H,5-11H2,1-4H3. The monoisotopic (exact) mass is 227 g/mol. The van der Waals surface area contributed by atoms with E-state index < -0.39 is 0 Å². The zero-order valence-corrected chi connectivity index (χ0v) is 11.5. The quantitative estimate of drug-likeness (QED) is 0.753. The number of hydrogen-bond donors (Lipinski definition) is 1. The molecule has 0 bridgehead atoms. The molecule has 1 heterocycles. The van der Waals surface area contributed by atoms with E-state index in [9.17, 15) is 0 Å². The van der Waals surface area contributed by atoms with Crippen molar-refractivity contribution in [3.05, 3.63) is 0 Å². The third kappa shape index (κ3) is 4.06. The molecule has 0 aromatic rings. The van der Waals surface area contributed by atoms with Crippen molar-refractivity contribution in [1.82, 2.24) is 5.32 Å². The van der Waals surface area contributed by atoms with Gasteiger partial charge in [-0.2, -0.15) is 0 Å². The van der Waals surface area contributed by atoms with Crippen LogP contribution >= 0.6 is 0 Å². The number of rotatable bonds is 6. The molecule has 0 aromatic heterocycles. The van der Waals surface area contributed by atoms with Gasteiger partial charge >= 0.3 is 0 Å². The van der Waals surface area contributed by atoms with Crippen LogP contribution in [-0.4, -0.2) is 26.3 Å². The third-order valence-corrected chi connectivity index (χ3v) is 4.27. The van der Waals surface area contributed by atoms with E-state index >= 15 is 0 Å². The average molecular weight is 227 g/mol. The highest BCUT2D eigenvalue weighted by Crippen LogP contribution is 2.36. The first-order valence-electron chi connectivity index (χ1n) is 6.87. The molecule has 0 radical (unpaired) electrons. The predicted octanol–water partition coefficient (Wildman–Crippen LogP) is 3.07. The Morgan fingerprint density at radius 2 is 1.94 bits per heavy atom. The predicted molar refractivity (Wildman–Crippen MR) is 69.6 cm³/mol. The lowest BCUT2D eigenvalue weighted by atomic mass is 9.71. The normalized spacial score (nSPS) is 22.3. The Bertz CT molecular complexity index is 187. The lowest BCUT2D eigenvalue weighted by molar-refractivity contribution is 0.0403. The number of nitrogens with one attached hydrogen (secondary N) is 1. The van der Waals surface area contributed by atoms with E-state index in [0.29, 0.717) is 5.41 Å². The van der Waals surface area contributed by atoms with Crippen LogP contribution in [0.2, 0.25) is 0 Å². The van der Waals surface area contributed by atoms with E-state index in [1.165, 1.54) is 19.3 Å². The van der Waals surface area contributed by atoms with Gasteiger partial charge in [-0.3, -0.25) is 0 Å². The Labute approximate surface area is 101 Å². The Balaban J connectivity index is 2.48. The molecule has 1 fully saturated rings. The largest absolute Gasteiger partial charge is 0.381 e. The average Bonchev–Trinajstić information content (AvgIpc) is 2.27. The molecular weight excluding hydrogens is 198 g/mol. The Hall–Kier alpha value is -0.0800. The van der Waals surface area contributed by atoms with E-state index in [1.54, 1.807) is 0 Å². The van der Waals surface area contributed by atoms with Crippen LogP contribution in [0.25, 0.3) is 0 Å². The number of hydrogen-bond acceptors (Lipinski definition) is 2. The topological polar surface area (TPSA) is 21.3 Å². The summed E-state index contributed by atoms with van der Waals surface area (Å²) >= 11 is 0. The van der Waals surface area contributed by atoms with Crippen LogP contribution < -0.4 is 5.32 Å². The maximum atomic E-state index is 5.44. The van der Waals surface area contributed by atoms with Crippen LogP contribution in [-0.2, 0) is 4.74 Å². The van der Waals surface area contributed by atoms with Crippen molar-refractivity contribution in [1.29, 1.82) is 0 Å². The summed E-state index contributed by atoms with van der Waals surface area (Å²) in [6, 6.07) is 0. The number of ether oxygens (including phenoxy) is 1. The van der Waals surface area contributed by atoms with Gasteiger partial charge in [-0.05, 0) is 43.1 Å². The maximum absolute atomic E-state index is 5.44. The molecule has 0 amide bonds. The van der Waals surface area contributed by atoms with Gasteiger partial charge in [-0.1, -0.05) is 27.7 Å². The zero-order chi connectivity index (χ0) is 12.0. The SMILES string of the molecule is CCNCC(C)(CC1CCOCC1)C(C)C. The molecule has 0 aromatic carbocycles. The molecule has 1 rings (SSSR count). The minimum absolute atomic E-state index is 0.442. The molecular formula is C14H29NO. The molecule has 16 heavy (non-hydrogen) atoms. The van der Waals surface area contributed by atoms with Crippen LogP contribution in [0.1, 0.15) is 47.0 Å². The van der Waals surface area contributed by atoms with Crippen LogP contribution in [0.4, 0.5) is 0 Å². The Morgan fingerprint density at radius 3 is 2.44 bits per heavy atom. The van der Waals surface area contributed by atoms with E-state index in [-0.39, 0.29) is 0 Å². The van der Waals surface area contributed by atoms with Crippen molar-refractivity contribution in [2.75, 3.05) is 26.3 Å². The van der Waals surface area contributed by atoms with Crippen molar-refractivity contribution in [3.63, 3.8) is 0 Å². The molecule has 96 valence electrons. The van der Waals surface area contributed by atoms with Crippen molar-refractivity contribution in [3.8, 4) is 0 Å². The van der Waals surface area contributed by atoms with Gasteiger partial charge in [0.25, 0.3) is 0 Å². The fourth-order valence-corrected chi connectivity index (χ4v) is 2.53. The summed E-state index contributed by atoms with van der Waals surface area (Å²) in [6.45, 7) is 13.5. The molecule has 0 aliphatic carbocycles. The molecule has 1 saturated heterocycles. The van der Waals surface area contributed by atoms with Gasteiger partial charge in [-0.15, -0.1) is 0 Å². The van der Waals surface area contributed by atoms with Gasteiger partial charge in [0.05, 0.1) is 0 Å². The van der Waals surface area contributed by atoms with Gasteiger partial charge in [0.1, 0.15) is 0 Å². The first-order valence-corrected chi connectivity index (χ1v) is 6.87. The first kappa shape index (κ1) is 14.0. The Morgan fingerprint density at radius 1 is 1.31 bits per heavy atom. The molecule has 0 saturated carbocycles. The second-order valence-electron chi connectivity index (χ2n) is 5.85. The van der Waals surface area contributed by atoms with Gasteiger partial charge in [-0.25, -0.2) is 0 Å². The fourth-order valence-electron chi connectivity index (χ4n) is 2.53. The summed E-state index contributed by atoms with van der Waals surface area (Å²) in [6.07, 6.45) is 3.86. The van der Waals surface area contributed by atoms with Crippen molar-refractivity contribution >= 4 is 0 Å². The first-order chi connectivity index (χ1) is 7.58. The van der Waals surface area contributed by atoms with Crippen LogP contribution in [0.3, 0.4) is 0 Å². The van der Waals surface area contributed by atoms with Gasteiger partial charge in [0, 0.05) is 19.8 Å². The van der Waals surface area contributed by atoms with E-state index in [0.717, 1.165) is 38.1 Å². The second-order valence-corrected chi connectivity index (χ2v) is 5.85. The van der Waals surface area contributed by atoms with E-state index in [1.807, 2.05) is 0 Å². The summed E-state index contributed by atoms with van der Waals surface area (Å²) in [5.74, 6) is 1.62. The van der Waals surface area contributed by atoms with Crippen LogP contribution in [0, 0.1) is 17.3 Å². The Kier molecular flexibility index (Phi) is 5.77. The molecule has 1 aliphatic rings. The maximum Gasteiger partial charge on any atom is 0.0468 e. The molecule has 2 nitrogen and oxygen atoms in total. The van der Waals surface area contributed by atoms with Crippen LogP contribution in [0.5, 0.6) is 0 Å². The highest BCUT2D eigenvalue weighted by molar-refractivity contribution is 4.83. The summed E-state index contributed by atoms with van der Waals surface area (Å²) in [4.78, 5) is 0. The molecule has 1 aliphatic heterocycles. The molecule has 1 N–H and O–H groups in total.